The fourth-order valence-corrected chi connectivity index (χ4v) is 9.37. The largest absolute Gasteiger partial charge is 0.504 e. The highest BCUT2D eigenvalue weighted by atomic mass is 35.5. The normalized spacial score (nSPS) is 18.2. The molecule has 15 nitrogen and oxygen atoms in total. The first-order valence-corrected chi connectivity index (χ1v) is 19.2. The summed E-state index contributed by atoms with van der Waals surface area (Å²) in [5.41, 5.74) is -0.132. The number of carbonyl (C=O) groups is 2. The van der Waals surface area contributed by atoms with Crippen LogP contribution in [0.15, 0.2) is 29.3 Å². The maximum atomic E-state index is 14.7. The molecule has 3 aliphatic rings. The Labute approximate surface area is 326 Å². The summed E-state index contributed by atoms with van der Waals surface area (Å²) < 4.78 is 48.3. The Hall–Kier alpha value is -5.14. The summed E-state index contributed by atoms with van der Waals surface area (Å²) >= 11 is 7.58. The molecule has 0 saturated carbocycles. The summed E-state index contributed by atoms with van der Waals surface area (Å²) in [6.07, 6.45) is -2.03. The van der Waals surface area contributed by atoms with Crippen LogP contribution in [0.1, 0.15) is 70.8 Å². The number of nitrogens with one attached hydrogen (secondary N) is 1. The lowest BCUT2D eigenvalue weighted by atomic mass is 9.73. The molecule has 2 N–H and O–H groups in total. The number of piperidine rings is 1. The number of likely N-dealkylation sites (tertiary alicyclic amines) is 1. The highest BCUT2D eigenvalue weighted by molar-refractivity contribution is 7.19. The summed E-state index contributed by atoms with van der Waals surface area (Å²) in [4.78, 5) is 63.9. The van der Waals surface area contributed by atoms with Crippen LogP contribution in [0.5, 0.6) is 5.75 Å². The number of morpholine rings is 1. The van der Waals surface area contributed by atoms with Gasteiger partial charge in [0.05, 0.1) is 45.8 Å². The van der Waals surface area contributed by atoms with E-state index < -0.39 is 29.0 Å². The SMILES string of the molecule is Cc1nc(N2CCOCC2)sc1-c1nc2n(CC(=O)Nc3ccc(C(F)(F)F)cc3Cl)c3c(c(=O)n2n1)C1(CCN(C(=O)c2ncnc(C)c2O)CC1)C[C@H]3C. The summed E-state index contributed by atoms with van der Waals surface area (Å²) in [6, 6.07) is 2.67. The van der Waals surface area contributed by atoms with Gasteiger partial charge in [-0.15, -0.1) is 5.10 Å². The molecule has 2 amide bonds. The number of nitrogens with zero attached hydrogens (tertiary/aromatic N) is 9. The third kappa shape index (κ3) is 6.54. The average Bonchev–Trinajstić information content (AvgIpc) is 3.86. The lowest BCUT2D eigenvalue weighted by Crippen LogP contribution is -2.46. The van der Waals surface area contributed by atoms with E-state index in [2.05, 4.69) is 20.2 Å². The minimum Gasteiger partial charge on any atom is -0.504 e. The Bertz CT molecular complexity index is 2450. The number of aryl methyl sites for hydroxylation is 2. The van der Waals surface area contributed by atoms with E-state index in [9.17, 15) is 32.7 Å². The molecule has 56 heavy (non-hydrogen) atoms. The zero-order valence-corrected chi connectivity index (χ0v) is 32.1. The molecule has 4 aromatic heterocycles. The monoisotopic (exact) mass is 812 g/mol. The number of alkyl halides is 3. The molecule has 20 heteroatoms. The smallest absolute Gasteiger partial charge is 0.416 e. The fraction of sp³-hybridized carbons (Fsp3) is 0.444. The number of hydrogen-bond donors (Lipinski definition) is 2. The van der Waals surface area contributed by atoms with Crippen LogP contribution in [0, 0.1) is 13.8 Å². The first kappa shape index (κ1) is 37.8. The van der Waals surface area contributed by atoms with E-state index >= 15 is 0 Å². The van der Waals surface area contributed by atoms with Crippen molar-refractivity contribution in [1.82, 2.24) is 39.0 Å². The van der Waals surface area contributed by atoms with Crippen LogP contribution < -0.4 is 15.8 Å². The second kappa shape index (κ2) is 14.1. The number of anilines is 2. The number of rotatable bonds is 6. The molecule has 6 heterocycles. The van der Waals surface area contributed by atoms with Crippen LogP contribution in [-0.2, 0) is 27.7 Å². The molecule has 5 aromatic rings. The Balaban J connectivity index is 1.18. The third-order valence-electron chi connectivity index (χ3n) is 10.8. The number of fused-ring (bicyclic) bond motifs is 3. The van der Waals surface area contributed by atoms with E-state index in [0.29, 0.717) is 67.4 Å². The van der Waals surface area contributed by atoms with E-state index in [0.717, 1.165) is 23.3 Å². The van der Waals surface area contributed by atoms with Gasteiger partial charge in [-0.1, -0.05) is 29.9 Å². The van der Waals surface area contributed by atoms with Gasteiger partial charge in [-0.25, -0.2) is 15.0 Å². The predicted octanol–water partition coefficient (Wildman–Crippen LogP) is 4.96. The van der Waals surface area contributed by atoms with Crippen LogP contribution in [0.4, 0.5) is 24.0 Å². The molecule has 1 atom stereocenters. The molecule has 1 spiro atoms. The number of halogens is 4. The first-order chi connectivity index (χ1) is 26.6. The van der Waals surface area contributed by atoms with E-state index in [1.165, 1.54) is 22.2 Å². The number of benzene rings is 1. The van der Waals surface area contributed by atoms with Crippen molar-refractivity contribution < 1.29 is 32.6 Å². The van der Waals surface area contributed by atoms with Gasteiger partial charge in [0.25, 0.3) is 11.5 Å². The van der Waals surface area contributed by atoms with Gasteiger partial charge >= 0.3 is 6.18 Å². The van der Waals surface area contributed by atoms with Crippen molar-refractivity contribution >= 4 is 51.3 Å². The molecule has 0 bridgehead atoms. The topological polar surface area (TPSA) is 173 Å². The van der Waals surface area contributed by atoms with E-state index in [1.807, 2.05) is 13.8 Å². The molecular weight excluding hydrogens is 777 g/mol. The van der Waals surface area contributed by atoms with Gasteiger partial charge in [0.15, 0.2) is 22.4 Å². The second-order valence-electron chi connectivity index (χ2n) is 14.4. The number of carbonyl (C=O) groups excluding carboxylic acids is 2. The van der Waals surface area contributed by atoms with Crippen molar-refractivity contribution in [2.24, 2.45) is 0 Å². The highest BCUT2D eigenvalue weighted by Crippen LogP contribution is 2.51. The molecule has 2 aliphatic heterocycles. The second-order valence-corrected chi connectivity index (χ2v) is 15.8. The summed E-state index contributed by atoms with van der Waals surface area (Å²) in [6.45, 7) is 8.03. The van der Waals surface area contributed by atoms with Crippen molar-refractivity contribution in [3.8, 4) is 16.5 Å². The quantitative estimate of drug-likeness (QED) is 0.238. The summed E-state index contributed by atoms with van der Waals surface area (Å²) in [5, 5.41) is 18.3. The van der Waals surface area contributed by atoms with Crippen LogP contribution in [0.3, 0.4) is 0 Å². The highest BCUT2D eigenvalue weighted by Gasteiger charge is 2.49. The van der Waals surface area contributed by atoms with Crippen LogP contribution in [0.2, 0.25) is 5.02 Å². The van der Waals surface area contributed by atoms with Gasteiger partial charge in [-0.05, 0) is 57.2 Å². The number of amides is 2. The van der Waals surface area contributed by atoms with Gasteiger partial charge < -0.3 is 29.5 Å². The zero-order chi connectivity index (χ0) is 39.7. The van der Waals surface area contributed by atoms with Gasteiger partial charge in [-0.3, -0.25) is 14.4 Å². The van der Waals surface area contributed by atoms with Gasteiger partial charge in [0.1, 0.15) is 12.9 Å². The summed E-state index contributed by atoms with van der Waals surface area (Å²) in [7, 11) is 0. The average molecular weight is 813 g/mol. The number of thiazole rings is 1. The zero-order valence-electron chi connectivity index (χ0n) is 30.5. The third-order valence-corrected chi connectivity index (χ3v) is 12.4. The standard InChI is InChI=1S/C36H36ClF3N10O5S/c1-18-15-35(6-8-47(9-7-35)32(54)26-28(52)19(2)41-17-42-26)25-27(18)49(16-24(51)44-23-5-4-21(14-22(23)37)36(38,39)40)33-45-30(46-50(33)31(25)53)29-20(3)43-34(56-29)48-10-12-55-13-11-48/h4-5,14,17-18,52H,6-13,15-16H2,1-3H3,(H,44,51)/t18-/m1/s1. The minimum absolute atomic E-state index is 0.0112. The molecule has 2 saturated heterocycles. The molecule has 1 aliphatic carbocycles. The predicted molar refractivity (Wildman–Crippen MR) is 199 cm³/mol. The fourth-order valence-electron chi connectivity index (χ4n) is 8.09. The van der Waals surface area contributed by atoms with Crippen molar-refractivity contribution in [3.05, 3.63) is 73.8 Å². The van der Waals surface area contributed by atoms with Crippen molar-refractivity contribution in [2.75, 3.05) is 49.6 Å². The lowest BCUT2D eigenvalue weighted by molar-refractivity contribution is -0.137. The number of ether oxygens (including phenoxy) is 1. The molecule has 0 radical (unpaired) electrons. The van der Waals surface area contributed by atoms with E-state index in [-0.39, 0.29) is 70.6 Å². The van der Waals surface area contributed by atoms with Crippen LogP contribution >= 0.6 is 22.9 Å². The van der Waals surface area contributed by atoms with Crippen molar-refractivity contribution in [3.63, 3.8) is 0 Å². The van der Waals surface area contributed by atoms with Gasteiger partial charge in [0.2, 0.25) is 11.7 Å². The Morgan fingerprint density at radius 2 is 1.82 bits per heavy atom. The molecule has 0 unspecified atom stereocenters. The minimum atomic E-state index is -4.62. The molecule has 294 valence electrons. The molecule has 1 aromatic carbocycles. The van der Waals surface area contributed by atoms with Gasteiger partial charge in [0, 0.05) is 42.9 Å². The Morgan fingerprint density at radius 3 is 2.52 bits per heavy atom. The Kier molecular flexibility index (Phi) is 9.51. The Morgan fingerprint density at radius 1 is 1.09 bits per heavy atom. The van der Waals surface area contributed by atoms with Crippen LogP contribution in [0.25, 0.3) is 16.5 Å². The number of hydrogen-bond acceptors (Lipinski definition) is 12. The maximum Gasteiger partial charge on any atom is 0.416 e. The van der Waals surface area contributed by atoms with E-state index in [4.69, 9.17) is 31.4 Å². The summed E-state index contributed by atoms with van der Waals surface area (Å²) in [5.74, 6) is -1.21. The van der Waals surface area contributed by atoms with E-state index in [1.54, 1.807) is 16.4 Å². The van der Waals surface area contributed by atoms with Gasteiger partial charge in [-0.2, -0.15) is 22.7 Å². The maximum absolute atomic E-state index is 14.7. The molecule has 8 rings (SSSR count). The number of aromatic nitrogens is 7. The molecule has 2 fully saturated rings. The van der Waals surface area contributed by atoms with Crippen molar-refractivity contribution in [1.29, 1.82) is 0 Å². The lowest BCUT2D eigenvalue weighted by Gasteiger charge is -2.39. The van der Waals surface area contributed by atoms with Crippen LogP contribution in [-0.4, -0.2) is 95.3 Å². The first-order valence-electron chi connectivity index (χ1n) is 18.0. The molecular formula is C36H36ClF3N10O5S. The number of aromatic hydroxyl groups is 1. The van der Waals surface area contributed by atoms with Crippen molar-refractivity contribution in [2.45, 2.75) is 64.1 Å².